The van der Waals surface area contributed by atoms with Gasteiger partial charge in [-0.1, -0.05) is 0 Å². The number of hydrogen-bond acceptors (Lipinski definition) is 3. The van der Waals surface area contributed by atoms with Gasteiger partial charge in [0.25, 0.3) is 0 Å². The van der Waals surface area contributed by atoms with Gasteiger partial charge in [0.2, 0.25) is 0 Å². The molecule has 0 aliphatic carbocycles. The van der Waals surface area contributed by atoms with E-state index in [1.165, 1.54) is 14.1 Å². The monoisotopic (exact) mass is 584 g/mol. The van der Waals surface area contributed by atoms with Crippen LogP contribution in [-0.2, 0) is 16.1 Å². The second kappa shape index (κ2) is 11.3. The van der Waals surface area contributed by atoms with Gasteiger partial charge in [-0.3, -0.25) is 0 Å². The van der Waals surface area contributed by atoms with Crippen LogP contribution in [0.25, 0.3) is 0 Å². The minimum Gasteiger partial charge on any atom is -1.00 e. The molecule has 0 atom stereocenters. The molecule has 0 heterocycles. The van der Waals surface area contributed by atoms with Crippen LogP contribution in [0.2, 0.25) is 0 Å². The van der Waals surface area contributed by atoms with E-state index in [1.807, 2.05) is 24.3 Å². The summed E-state index contributed by atoms with van der Waals surface area (Å²) in [5, 5.41) is 9.60. The van der Waals surface area contributed by atoms with Gasteiger partial charge < -0.3 is 4.70 Å². The first-order chi connectivity index (χ1) is 12.4. The van der Waals surface area contributed by atoms with E-state index in [-0.39, 0.29) is 31.8 Å². The number of ether oxygens (including phenoxy) is 1. The van der Waals surface area contributed by atoms with Crippen molar-refractivity contribution in [2.45, 2.75) is 13.5 Å². The van der Waals surface area contributed by atoms with Gasteiger partial charge >= 0.3 is 166 Å². The van der Waals surface area contributed by atoms with Gasteiger partial charge in [-0.25, -0.2) is 0 Å². The predicted octanol–water partition coefficient (Wildman–Crippen LogP) is -1.38. The molecular formula is C16H16AsF6IN2O2-2. The van der Waals surface area contributed by atoms with Crippen LogP contribution < -0.4 is 31.2 Å². The van der Waals surface area contributed by atoms with Crippen LogP contribution in [0.15, 0.2) is 48.5 Å². The molecule has 1 amide bonds. The standard InChI is InChI=1S/C16H16IN2O2.AsF5.FH/c1-12(20)19-16-8-6-15(7-9-16)17-14-4-2-13(3-5-14)10-21-11-18;2-1(3,4,5)6;/h2-9,11,18H,10H2,1H3,(H,19,20);;1H/q-1;;/p-1. The quantitative estimate of drug-likeness (QED) is 0.145. The first kappa shape index (κ1) is 26.2. The number of amides is 1. The molecule has 2 N–H and O–H groups in total. The third kappa shape index (κ3) is 14.3. The summed E-state index contributed by atoms with van der Waals surface area (Å²) in [5.74, 6) is -0.0554. The second-order valence-electron chi connectivity index (χ2n) is 4.98. The molecule has 0 aliphatic rings. The molecule has 4 nitrogen and oxygen atoms in total. The van der Waals surface area contributed by atoms with E-state index in [4.69, 9.17) is 10.1 Å². The molecule has 2 rings (SSSR count). The number of nitrogens with one attached hydrogen (secondary N) is 2. The Labute approximate surface area is 170 Å². The molecule has 0 radical (unpaired) electrons. The van der Waals surface area contributed by atoms with Gasteiger partial charge in [0.05, 0.1) is 0 Å². The summed E-state index contributed by atoms with van der Waals surface area (Å²) in [7, 11) is 0. The number of anilines is 1. The summed E-state index contributed by atoms with van der Waals surface area (Å²) in [6.45, 7) is 1.94. The molecule has 0 spiro atoms. The van der Waals surface area contributed by atoms with E-state index >= 15 is 0 Å². The van der Waals surface area contributed by atoms with Crippen molar-refractivity contribution < 1.29 is 52.8 Å². The summed E-state index contributed by atoms with van der Waals surface area (Å²) in [6.07, 6.45) is 0.956. The average molecular weight is 584 g/mol. The molecule has 2 aromatic carbocycles. The number of rotatable bonds is 6. The zero-order valence-corrected chi connectivity index (χ0v) is 18.3. The molecule has 2 aromatic rings. The Hall–Kier alpha value is -1.75. The van der Waals surface area contributed by atoms with E-state index in [2.05, 4.69) is 29.6 Å². The summed E-state index contributed by atoms with van der Waals surface area (Å²) in [4.78, 5) is 11.0. The smallest absolute Gasteiger partial charge is 1.00 e. The minimum absolute atomic E-state index is 0. The molecule has 0 saturated heterocycles. The fraction of sp³-hybridized carbons (Fsp3) is 0.125. The molecule has 0 aliphatic heterocycles. The molecule has 158 valence electrons. The minimum atomic E-state index is -8.99. The van der Waals surface area contributed by atoms with Gasteiger partial charge in [-0.15, -0.1) is 0 Å². The number of carbonyl (C=O) groups excluding carboxylic acids is 1. The fourth-order valence-corrected chi connectivity index (χ4v) is 3.86. The maximum absolute atomic E-state index is 11.0. The molecule has 0 fully saturated rings. The topological polar surface area (TPSA) is 62.2 Å². The maximum Gasteiger partial charge on any atom is -1.00 e. The van der Waals surface area contributed by atoms with Crippen LogP contribution in [-0.4, -0.2) is 27.1 Å². The van der Waals surface area contributed by atoms with Crippen LogP contribution in [0.3, 0.4) is 0 Å². The van der Waals surface area contributed by atoms with Crippen LogP contribution in [0.5, 0.6) is 0 Å². The third-order valence-electron chi connectivity index (χ3n) is 2.63. The number of hydrogen-bond donors (Lipinski definition) is 2. The van der Waals surface area contributed by atoms with Crippen molar-refractivity contribution in [2.24, 2.45) is 0 Å². The van der Waals surface area contributed by atoms with E-state index in [0.717, 1.165) is 17.7 Å². The van der Waals surface area contributed by atoms with Crippen molar-refractivity contribution >= 4 is 32.8 Å². The summed E-state index contributed by atoms with van der Waals surface area (Å²) >= 11 is -9.22. The second-order valence-corrected chi connectivity index (χ2v) is 10.7. The SMILES string of the molecule is CC(=O)Nc1ccc([I-]c2ccc(COC=N)cc2)cc1.F[As](F)(F)(F)F.[F-]. The molecule has 0 unspecified atom stereocenters. The van der Waals surface area contributed by atoms with Gasteiger partial charge in [-0.05, 0) is 0 Å². The van der Waals surface area contributed by atoms with Crippen molar-refractivity contribution in [3.63, 3.8) is 0 Å². The average Bonchev–Trinajstić information content (AvgIpc) is 2.53. The fourth-order valence-electron chi connectivity index (χ4n) is 1.71. The number of carbonyl (C=O) groups is 1. The Kier molecular flexibility index (Phi) is 10.6. The van der Waals surface area contributed by atoms with Gasteiger partial charge in [0.15, 0.2) is 0 Å². The zero-order chi connectivity index (χ0) is 20.5. The van der Waals surface area contributed by atoms with Crippen LogP contribution in [0, 0.1) is 12.5 Å². The molecule has 28 heavy (non-hydrogen) atoms. The Bertz CT molecular complexity index is 750. The molecule has 12 heteroatoms. The largest absolute Gasteiger partial charge is 1.00 e. The van der Waals surface area contributed by atoms with Crippen molar-refractivity contribution in [1.29, 1.82) is 5.41 Å². The first-order valence-electron chi connectivity index (χ1n) is 7.24. The zero-order valence-electron chi connectivity index (χ0n) is 14.3. The van der Waals surface area contributed by atoms with E-state index < -0.39 is 14.8 Å². The molecule has 0 bridgehead atoms. The predicted molar refractivity (Wildman–Crippen MR) is 89.4 cm³/mol. The van der Waals surface area contributed by atoms with Gasteiger partial charge in [0, 0.05) is 0 Å². The van der Waals surface area contributed by atoms with Crippen LogP contribution in [0.1, 0.15) is 12.5 Å². The summed E-state index contributed by atoms with van der Waals surface area (Å²) in [5.41, 5.74) is 1.89. The Morgan fingerprint density at radius 1 is 1.04 bits per heavy atom. The molecule has 0 aromatic heterocycles. The molecule has 0 saturated carbocycles. The summed E-state index contributed by atoms with van der Waals surface area (Å²) < 4.78 is 57.0. The van der Waals surface area contributed by atoms with Crippen molar-refractivity contribution in [3.05, 3.63) is 61.2 Å². The Balaban J connectivity index is 0.000000910. The third-order valence-corrected chi connectivity index (χ3v) is 5.31. The maximum atomic E-state index is 11.0. The number of benzene rings is 2. The number of halogens is 7. The van der Waals surface area contributed by atoms with Gasteiger partial charge in [-0.2, -0.15) is 0 Å². The van der Waals surface area contributed by atoms with E-state index in [0.29, 0.717) is 6.61 Å². The van der Waals surface area contributed by atoms with Crippen molar-refractivity contribution in [2.75, 3.05) is 5.32 Å². The molecular weight excluding hydrogens is 568 g/mol. The van der Waals surface area contributed by atoms with Crippen molar-refractivity contribution in [3.8, 4) is 0 Å². The Morgan fingerprint density at radius 2 is 1.46 bits per heavy atom. The summed E-state index contributed by atoms with van der Waals surface area (Å²) in [6, 6.07) is 16.3. The van der Waals surface area contributed by atoms with Crippen LogP contribution >= 0.6 is 0 Å². The van der Waals surface area contributed by atoms with Crippen molar-refractivity contribution in [1.82, 2.24) is 0 Å². The van der Waals surface area contributed by atoms with E-state index in [1.54, 1.807) is 0 Å². The van der Waals surface area contributed by atoms with Crippen LogP contribution in [0.4, 0.5) is 23.0 Å². The van der Waals surface area contributed by atoms with E-state index in [9.17, 15) is 22.1 Å². The van der Waals surface area contributed by atoms with Gasteiger partial charge in [0.1, 0.15) is 0 Å². The first-order valence-corrected chi connectivity index (χ1v) is 12.9. The Morgan fingerprint density at radius 3 is 1.86 bits per heavy atom. The normalized spacial score (nSPS) is 11.7.